The monoisotopic (exact) mass is 297 g/mol. The first-order valence-electron chi connectivity index (χ1n) is 8.29. The van der Waals surface area contributed by atoms with E-state index >= 15 is 0 Å². The van der Waals surface area contributed by atoms with Crippen LogP contribution in [0.5, 0.6) is 0 Å². The zero-order valence-corrected chi connectivity index (χ0v) is 13.8. The summed E-state index contributed by atoms with van der Waals surface area (Å²) in [5, 5.41) is 0. The molecule has 2 atom stereocenters. The normalized spacial score (nSPS) is 31.8. The maximum absolute atomic E-state index is 12.0. The number of nitrogens with zero attached hydrogens (tertiary/aromatic N) is 2. The third-order valence-electron chi connectivity index (χ3n) is 5.21. The van der Waals surface area contributed by atoms with Gasteiger partial charge in [-0.2, -0.15) is 0 Å². The van der Waals surface area contributed by atoms with Gasteiger partial charge in [0.25, 0.3) is 0 Å². The summed E-state index contributed by atoms with van der Waals surface area (Å²) >= 11 is 0. The van der Waals surface area contributed by atoms with Gasteiger partial charge in [0.1, 0.15) is 5.54 Å². The van der Waals surface area contributed by atoms with Crippen LogP contribution < -0.4 is 5.73 Å². The van der Waals surface area contributed by atoms with Gasteiger partial charge < -0.3 is 20.3 Å². The average Bonchev–Trinajstić information content (AvgIpc) is 2.86. The predicted octanol–water partition coefficient (Wildman–Crippen LogP) is 1.07. The number of ether oxygens (including phenoxy) is 1. The Hall–Kier alpha value is -0.650. The van der Waals surface area contributed by atoms with Crippen LogP contribution in [0.2, 0.25) is 0 Å². The minimum Gasteiger partial charge on any atom is -0.465 e. The Bertz CT molecular complexity index is 355. The quantitative estimate of drug-likeness (QED) is 0.769. The first-order chi connectivity index (χ1) is 9.94. The molecular weight excluding hydrogens is 266 g/mol. The van der Waals surface area contributed by atoms with Crippen LogP contribution >= 0.6 is 0 Å². The van der Waals surface area contributed by atoms with Gasteiger partial charge in [-0.3, -0.25) is 4.79 Å². The molecule has 1 aliphatic carbocycles. The fraction of sp³-hybridized carbons (Fsp3) is 0.938. The molecule has 0 aromatic heterocycles. The second-order valence-electron chi connectivity index (χ2n) is 6.96. The van der Waals surface area contributed by atoms with Crippen LogP contribution in [-0.2, 0) is 9.53 Å². The molecule has 0 aromatic carbocycles. The molecular formula is C16H31N3O2. The van der Waals surface area contributed by atoms with Gasteiger partial charge in [-0.1, -0.05) is 0 Å². The molecule has 2 unspecified atom stereocenters. The molecule has 0 spiro atoms. The minimum atomic E-state index is -0.762. The first-order valence-corrected chi connectivity index (χ1v) is 8.29. The van der Waals surface area contributed by atoms with Gasteiger partial charge in [-0.25, -0.2) is 0 Å². The molecule has 2 N–H and O–H groups in total. The van der Waals surface area contributed by atoms with Crippen LogP contribution in [0.1, 0.15) is 39.0 Å². The fourth-order valence-corrected chi connectivity index (χ4v) is 3.69. The molecule has 1 saturated heterocycles. The highest BCUT2D eigenvalue weighted by Crippen LogP contribution is 2.32. The Morgan fingerprint density at radius 1 is 1.38 bits per heavy atom. The molecule has 21 heavy (non-hydrogen) atoms. The summed E-state index contributed by atoms with van der Waals surface area (Å²) in [7, 11) is 4.37. The molecule has 0 amide bonds. The van der Waals surface area contributed by atoms with Crippen LogP contribution in [0.25, 0.3) is 0 Å². The molecule has 1 heterocycles. The molecule has 5 heteroatoms. The molecule has 0 bridgehead atoms. The summed E-state index contributed by atoms with van der Waals surface area (Å²) in [5.41, 5.74) is 5.50. The number of likely N-dealkylation sites (tertiary alicyclic amines) is 1. The highest BCUT2D eigenvalue weighted by molar-refractivity contribution is 5.81. The van der Waals surface area contributed by atoms with Gasteiger partial charge in [-0.15, -0.1) is 0 Å². The number of carbonyl (C=O) groups excluding carboxylic acids is 1. The van der Waals surface area contributed by atoms with Gasteiger partial charge in [0.2, 0.25) is 0 Å². The number of hydrogen-bond acceptors (Lipinski definition) is 5. The Morgan fingerprint density at radius 3 is 2.67 bits per heavy atom. The SMILES string of the molecule is CCOC(=O)C1(N)CCC(N(C)CC2CCN(C)CC2)C1. The third kappa shape index (κ3) is 4.18. The number of rotatable bonds is 5. The summed E-state index contributed by atoms with van der Waals surface area (Å²) in [5.74, 6) is 0.557. The predicted molar refractivity (Wildman–Crippen MR) is 84.0 cm³/mol. The number of hydrogen-bond donors (Lipinski definition) is 1. The molecule has 5 nitrogen and oxygen atoms in total. The largest absolute Gasteiger partial charge is 0.465 e. The van der Waals surface area contributed by atoms with Gasteiger partial charge in [0.15, 0.2) is 0 Å². The van der Waals surface area contributed by atoms with Crippen LogP contribution in [0.4, 0.5) is 0 Å². The van der Waals surface area contributed by atoms with Crippen molar-refractivity contribution in [3.63, 3.8) is 0 Å². The van der Waals surface area contributed by atoms with E-state index in [1.54, 1.807) is 0 Å². The van der Waals surface area contributed by atoms with Crippen molar-refractivity contribution in [2.75, 3.05) is 40.3 Å². The highest BCUT2D eigenvalue weighted by Gasteiger charge is 2.44. The maximum atomic E-state index is 12.0. The minimum absolute atomic E-state index is 0.222. The Kier molecular flexibility index (Phi) is 5.63. The summed E-state index contributed by atoms with van der Waals surface area (Å²) in [4.78, 5) is 16.8. The third-order valence-corrected chi connectivity index (χ3v) is 5.21. The van der Waals surface area contributed by atoms with Gasteiger partial charge >= 0.3 is 5.97 Å². The van der Waals surface area contributed by atoms with Crippen molar-refractivity contribution in [1.29, 1.82) is 0 Å². The second-order valence-corrected chi connectivity index (χ2v) is 6.96. The molecule has 122 valence electrons. The average molecular weight is 297 g/mol. The van der Waals surface area contributed by atoms with Gasteiger partial charge in [-0.05, 0) is 72.1 Å². The summed E-state index contributed by atoms with van der Waals surface area (Å²) in [6, 6.07) is 0.416. The molecule has 2 aliphatic rings. The molecule has 0 aromatic rings. The van der Waals surface area contributed by atoms with Gasteiger partial charge in [0.05, 0.1) is 6.61 Å². The van der Waals surface area contributed by atoms with Crippen LogP contribution in [0.15, 0.2) is 0 Å². The van der Waals surface area contributed by atoms with E-state index in [9.17, 15) is 4.79 Å². The lowest BCUT2D eigenvalue weighted by Crippen LogP contribution is -2.48. The van der Waals surface area contributed by atoms with Crippen molar-refractivity contribution < 1.29 is 9.53 Å². The molecule has 2 fully saturated rings. The fourth-order valence-electron chi connectivity index (χ4n) is 3.69. The van der Waals surface area contributed by atoms with Crippen molar-refractivity contribution in [3.8, 4) is 0 Å². The maximum Gasteiger partial charge on any atom is 0.326 e. The van der Waals surface area contributed by atoms with E-state index in [2.05, 4.69) is 23.9 Å². The van der Waals surface area contributed by atoms with E-state index in [1.165, 1.54) is 25.9 Å². The van der Waals surface area contributed by atoms with E-state index in [0.717, 1.165) is 31.7 Å². The zero-order chi connectivity index (χ0) is 15.5. The lowest BCUT2D eigenvalue weighted by Gasteiger charge is -2.34. The van der Waals surface area contributed by atoms with Crippen LogP contribution in [0, 0.1) is 5.92 Å². The first kappa shape index (κ1) is 16.7. The summed E-state index contributed by atoms with van der Waals surface area (Å²) in [6.07, 6.45) is 5.03. The topological polar surface area (TPSA) is 58.8 Å². The van der Waals surface area contributed by atoms with Crippen molar-refractivity contribution in [1.82, 2.24) is 9.80 Å². The lowest BCUT2D eigenvalue weighted by atomic mass is 9.95. The summed E-state index contributed by atoms with van der Waals surface area (Å²) < 4.78 is 5.13. The number of carbonyl (C=O) groups is 1. The van der Waals surface area contributed by atoms with Crippen LogP contribution in [-0.4, -0.2) is 67.7 Å². The van der Waals surface area contributed by atoms with Crippen molar-refractivity contribution >= 4 is 5.97 Å². The molecule has 2 rings (SSSR count). The number of esters is 1. The van der Waals surface area contributed by atoms with E-state index in [4.69, 9.17) is 10.5 Å². The second kappa shape index (κ2) is 7.07. The Morgan fingerprint density at radius 2 is 2.05 bits per heavy atom. The molecule has 1 saturated carbocycles. The highest BCUT2D eigenvalue weighted by atomic mass is 16.5. The van der Waals surface area contributed by atoms with E-state index in [-0.39, 0.29) is 5.97 Å². The Balaban J connectivity index is 1.81. The van der Waals surface area contributed by atoms with E-state index in [0.29, 0.717) is 12.6 Å². The van der Waals surface area contributed by atoms with E-state index in [1.807, 2.05) is 6.92 Å². The lowest BCUT2D eigenvalue weighted by molar-refractivity contribution is -0.149. The van der Waals surface area contributed by atoms with Crippen molar-refractivity contribution in [3.05, 3.63) is 0 Å². The smallest absolute Gasteiger partial charge is 0.326 e. The van der Waals surface area contributed by atoms with Crippen molar-refractivity contribution in [2.24, 2.45) is 11.7 Å². The number of nitrogens with two attached hydrogens (primary N) is 1. The molecule has 0 radical (unpaired) electrons. The van der Waals surface area contributed by atoms with Gasteiger partial charge in [0, 0.05) is 12.6 Å². The zero-order valence-electron chi connectivity index (χ0n) is 13.8. The summed E-state index contributed by atoms with van der Waals surface area (Å²) in [6.45, 7) is 5.77. The van der Waals surface area contributed by atoms with E-state index < -0.39 is 5.54 Å². The number of piperidine rings is 1. The Labute approximate surface area is 128 Å². The van der Waals surface area contributed by atoms with Crippen LogP contribution in [0.3, 0.4) is 0 Å². The molecule has 1 aliphatic heterocycles. The van der Waals surface area contributed by atoms with Crippen molar-refractivity contribution in [2.45, 2.75) is 50.6 Å². The standard InChI is InChI=1S/C16H31N3O2/c1-4-21-15(20)16(17)8-5-14(11-16)19(3)12-13-6-9-18(2)10-7-13/h13-14H,4-12,17H2,1-3H3.